The van der Waals surface area contributed by atoms with Crippen molar-refractivity contribution in [3.8, 4) is 17.1 Å². The second kappa shape index (κ2) is 14.9. The lowest BCUT2D eigenvalue weighted by Gasteiger charge is -2.30. The number of likely N-dealkylation sites (tertiary alicyclic amines) is 1. The molecule has 1 aliphatic heterocycles. The molecule has 284 valence electrons. The zero-order valence-corrected chi connectivity index (χ0v) is 30.0. The zero-order valence-electron chi connectivity index (χ0n) is 29.2. The van der Waals surface area contributed by atoms with Crippen molar-refractivity contribution >= 4 is 33.8 Å². The molecule has 3 saturated carbocycles. The lowest BCUT2D eigenvalue weighted by Crippen LogP contribution is -2.58. The molecule has 1 aromatic carbocycles. The van der Waals surface area contributed by atoms with Crippen LogP contribution in [0.5, 0.6) is 5.75 Å². The van der Waals surface area contributed by atoms with E-state index in [1.165, 1.54) is 16.8 Å². The largest absolute Gasteiger partial charge is 0.497 e. The van der Waals surface area contributed by atoms with Gasteiger partial charge in [-0.25, -0.2) is 22.0 Å². The number of methoxy groups -OCH3 is 1. The predicted octanol–water partition coefficient (Wildman–Crippen LogP) is 2.32. The van der Waals surface area contributed by atoms with Gasteiger partial charge in [-0.05, 0) is 86.8 Å². The van der Waals surface area contributed by atoms with Crippen LogP contribution in [0.25, 0.3) is 11.4 Å². The van der Waals surface area contributed by atoms with Crippen molar-refractivity contribution < 1.29 is 45.9 Å². The number of sulfonamides is 1. The third-order valence-electron chi connectivity index (χ3n) is 10.1. The summed E-state index contributed by atoms with van der Waals surface area (Å²) in [6.07, 6.45) is -0.541. The number of amides is 4. The van der Waals surface area contributed by atoms with Gasteiger partial charge in [-0.2, -0.15) is 4.80 Å². The van der Waals surface area contributed by atoms with Crippen LogP contribution in [-0.4, -0.2) is 106 Å². The Morgan fingerprint density at radius 2 is 1.75 bits per heavy atom. The summed E-state index contributed by atoms with van der Waals surface area (Å²) in [5.41, 5.74) is -1.58. The Morgan fingerprint density at radius 3 is 2.35 bits per heavy atom. The van der Waals surface area contributed by atoms with Gasteiger partial charge in [-0.15, -0.1) is 10.2 Å². The van der Waals surface area contributed by atoms with E-state index in [0.717, 1.165) is 12.8 Å². The first kappa shape index (κ1) is 37.3. The smallest absolute Gasteiger partial charge is 0.408 e. The third kappa shape index (κ3) is 8.13. The highest BCUT2D eigenvalue weighted by molar-refractivity contribution is 7.91. The summed E-state index contributed by atoms with van der Waals surface area (Å²) < 4.78 is 65.9. The summed E-state index contributed by atoms with van der Waals surface area (Å²) in [6, 6.07) is 3.73. The Bertz CT molecular complexity index is 1770. The summed E-state index contributed by atoms with van der Waals surface area (Å²) in [4.78, 5) is 57.1. The van der Waals surface area contributed by atoms with Gasteiger partial charge >= 0.3 is 6.09 Å². The number of aromatic nitrogens is 4. The fourth-order valence-corrected chi connectivity index (χ4v) is 8.34. The first-order chi connectivity index (χ1) is 24.7. The lowest BCUT2D eigenvalue weighted by molar-refractivity contribution is -0.141. The monoisotopic (exact) mass is 750 g/mol. The highest BCUT2D eigenvalue weighted by atomic mass is 32.2. The standard InChI is InChI=1S/C33H44F2N8O8S/c1-18(2)14-25(36-32(47)51-22-6-4-5-7-22)30(45)42-17-20(43-39-28(38-41-43)19-8-10-21(50-3)11-9-19)15-26(42)29(44)37-33(16-24(33)27(34)35)31(46)40-52(48,49)23-12-13-23/h8-11,18,20,22-27H,4-7,12-17H2,1-3H3,(H,36,47)(H,37,44)(H,40,46)/t20-,24+,25+,26?,33-/m1/s1. The second-order valence-corrected chi connectivity index (χ2v) is 16.4. The summed E-state index contributed by atoms with van der Waals surface area (Å²) in [5, 5.41) is 17.1. The first-order valence-corrected chi connectivity index (χ1v) is 19.1. The molecule has 0 bridgehead atoms. The average Bonchev–Trinajstić information content (AvgIpc) is 3.88. The maximum atomic E-state index is 14.3. The van der Waals surface area contributed by atoms with Crippen molar-refractivity contribution in [2.75, 3.05) is 13.7 Å². The molecule has 3 N–H and O–H groups in total. The molecule has 2 aromatic rings. The minimum Gasteiger partial charge on any atom is -0.497 e. The molecule has 4 fully saturated rings. The molecule has 1 unspecified atom stereocenters. The van der Waals surface area contributed by atoms with Crippen LogP contribution in [0.4, 0.5) is 13.6 Å². The van der Waals surface area contributed by atoms with Crippen molar-refractivity contribution in [1.82, 2.24) is 40.5 Å². The number of nitrogens with zero attached hydrogens (tertiary/aromatic N) is 5. The number of benzene rings is 1. The fourth-order valence-electron chi connectivity index (χ4n) is 6.97. The Morgan fingerprint density at radius 1 is 1.06 bits per heavy atom. The van der Waals surface area contributed by atoms with Crippen LogP contribution in [0.15, 0.2) is 24.3 Å². The summed E-state index contributed by atoms with van der Waals surface area (Å²) in [6.45, 7) is 3.59. The zero-order chi connectivity index (χ0) is 37.4. The number of hydrogen-bond donors (Lipinski definition) is 3. The van der Waals surface area contributed by atoms with Crippen LogP contribution in [0.2, 0.25) is 0 Å². The van der Waals surface area contributed by atoms with Crippen molar-refractivity contribution in [3.63, 3.8) is 0 Å². The van der Waals surface area contributed by atoms with Crippen LogP contribution in [-0.2, 0) is 29.1 Å². The number of ether oxygens (including phenoxy) is 2. The number of rotatable bonds is 14. The molecule has 19 heteroatoms. The van der Waals surface area contributed by atoms with E-state index in [2.05, 4.69) is 26.0 Å². The van der Waals surface area contributed by atoms with E-state index in [1.807, 2.05) is 18.6 Å². The molecule has 2 heterocycles. The maximum Gasteiger partial charge on any atom is 0.408 e. The second-order valence-electron chi connectivity index (χ2n) is 14.5. The molecule has 4 amide bonds. The minimum absolute atomic E-state index is 0.0749. The number of alkyl halides is 2. The van der Waals surface area contributed by atoms with Crippen LogP contribution < -0.4 is 20.1 Å². The number of hydrogen-bond acceptors (Lipinski definition) is 11. The molecule has 0 radical (unpaired) electrons. The summed E-state index contributed by atoms with van der Waals surface area (Å²) in [5.74, 6) is -3.66. The van der Waals surface area contributed by atoms with Gasteiger partial charge in [0.2, 0.25) is 34.1 Å². The lowest BCUT2D eigenvalue weighted by atomic mass is 10.0. The number of nitrogens with one attached hydrogen (secondary N) is 3. The molecule has 16 nitrogen and oxygen atoms in total. The Hall–Kier alpha value is -4.42. The van der Waals surface area contributed by atoms with Gasteiger partial charge < -0.3 is 25.0 Å². The molecule has 0 spiro atoms. The van der Waals surface area contributed by atoms with Gasteiger partial charge in [-0.3, -0.25) is 19.1 Å². The SMILES string of the molecule is COc1ccc(-c2nnn([C@@H]3CC(C(=O)N[C@]4(C(=O)NS(=O)(=O)C5CC5)C[C@H]4C(F)F)N(C(=O)[C@H](CC(C)C)NC(=O)OC4CCCC4)C3)n2)cc1. The maximum absolute atomic E-state index is 14.3. The number of carbonyl (C=O) groups is 4. The van der Waals surface area contributed by atoms with Crippen LogP contribution in [0, 0.1) is 11.8 Å². The number of tetrazole rings is 1. The van der Waals surface area contributed by atoms with E-state index in [9.17, 15) is 36.4 Å². The van der Waals surface area contributed by atoms with Gasteiger partial charge in [0.05, 0.1) is 24.3 Å². The number of carbonyl (C=O) groups excluding carboxylic acids is 4. The third-order valence-corrected chi connectivity index (χ3v) is 11.9. The highest BCUT2D eigenvalue weighted by Gasteiger charge is 2.66. The molecule has 52 heavy (non-hydrogen) atoms. The van der Waals surface area contributed by atoms with Gasteiger partial charge in [0.25, 0.3) is 5.91 Å². The van der Waals surface area contributed by atoms with E-state index >= 15 is 0 Å². The Kier molecular flexibility index (Phi) is 10.7. The van der Waals surface area contributed by atoms with Crippen molar-refractivity contribution in [1.29, 1.82) is 0 Å². The van der Waals surface area contributed by atoms with Crippen molar-refractivity contribution in [2.24, 2.45) is 11.8 Å². The van der Waals surface area contributed by atoms with E-state index < -0.39 is 81.5 Å². The number of alkyl carbamates (subject to hydrolysis) is 1. The Balaban J connectivity index is 1.26. The van der Waals surface area contributed by atoms with Crippen molar-refractivity contribution in [2.45, 2.75) is 113 Å². The first-order valence-electron chi connectivity index (χ1n) is 17.6. The van der Waals surface area contributed by atoms with E-state index in [4.69, 9.17) is 9.47 Å². The Labute approximate surface area is 299 Å². The number of halogens is 2. The van der Waals surface area contributed by atoms with Crippen LogP contribution in [0.3, 0.4) is 0 Å². The van der Waals surface area contributed by atoms with Gasteiger partial charge in [0.1, 0.15) is 29.5 Å². The fraction of sp³-hybridized carbons (Fsp3) is 0.667. The van der Waals surface area contributed by atoms with Gasteiger partial charge in [-0.1, -0.05) is 13.8 Å². The molecular weight excluding hydrogens is 706 g/mol. The highest BCUT2D eigenvalue weighted by Crippen LogP contribution is 2.48. The molecule has 6 rings (SSSR count). The predicted molar refractivity (Wildman–Crippen MR) is 179 cm³/mol. The molecular formula is C33H44F2N8O8S. The van der Waals surface area contributed by atoms with E-state index in [1.54, 1.807) is 24.3 Å². The molecule has 1 aromatic heterocycles. The van der Waals surface area contributed by atoms with Crippen molar-refractivity contribution in [3.05, 3.63) is 24.3 Å². The average molecular weight is 751 g/mol. The normalized spacial score (nSPS) is 25.2. The molecule has 4 aliphatic rings. The van der Waals surface area contributed by atoms with Crippen LogP contribution in [0.1, 0.15) is 77.7 Å². The minimum atomic E-state index is -4.12. The van der Waals surface area contributed by atoms with E-state index in [-0.39, 0.29) is 37.2 Å². The van der Waals surface area contributed by atoms with E-state index in [0.29, 0.717) is 37.0 Å². The summed E-state index contributed by atoms with van der Waals surface area (Å²) in [7, 11) is -2.58. The molecule has 5 atom stereocenters. The summed E-state index contributed by atoms with van der Waals surface area (Å²) >= 11 is 0. The van der Waals surface area contributed by atoms with Gasteiger partial charge in [0.15, 0.2) is 0 Å². The topological polar surface area (TPSA) is 204 Å². The molecule has 1 saturated heterocycles. The molecule has 3 aliphatic carbocycles. The van der Waals surface area contributed by atoms with Gasteiger partial charge in [0, 0.05) is 18.5 Å². The quantitative estimate of drug-likeness (QED) is 0.256. The van der Waals surface area contributed by atoms with Crippen LogP contribution >= 0.6 is 0 Å².